The van der Waals surface area contributed by atoms with Gasteiger partial charge in [0.2, 0.25) is 0 Å². The molecule has 0 aliphatic carbocycles. The summed E-state index contributed by atoms with van der Waals surface area (Å²) >= 11 is 0. The molecule has 2 heteroatoms. The van der Waals surface area contributed by atoms with Gasteiger partial charge < -0.3 is 0 Å². The number of hydrogen-bond donors (Lipinski definition) is 0. The van der Waals surface area contributed by atoms with Crippen LogP contribution in [0.15, 0.2) is 35.5 Å². The molecule has 0 radical (unpaired) electrons. The average Bonchev–Trinajstić information content (AvgIpc) is 2.39. The van der Waals surface area contributed by atoms with E-state index in [0.717, 1.165) is 37.4 Å². The van der Waals surface area contributed by atoms with Gasteiger partial charge in [-0.15, -0.1) is 0 Å². The standard InChI is InChI=1S/C10H16O.C8H14O/c1-9(2)5-4-6-10(3)7-8-11;1-2-3-4-5-6-7-8-9/h5,7-8H,4,6H2,1-3H3;6-8H,2-5H2,1H3/b10-7+;. The van der Waals surface area contributed by atoms with Crippen LogP contribution in [0.5, 0.6) is 0 Å². The molecule has 0 spiro atoms. The van der Waals surface area contributed by atoms with Gasteiger partial charge in [0.1, 0.15) is 12.6 Å². The van der Waals surface area contributed by atoms with E-state index in [9.17, 15) is 9.59 Å². The van der Waals surface area contributed by atoms with Gasteiger partial charge in [-0.3, -0.25) is 9.59 Å². The van der Waals surface area contributed by atoms with Gasteiger partial charge in [-0.25, -0.2) is 0 Å². The number of hydrogen-bond acceptors (Lipinski definition) is 2. The summed E-state index contributed by atoms with van der Waals surface area (Å²) in [6.07, 6.45) is 15.8. The highest BCUT2D eigenvalue weighted by atomic mass is 16.1. The maximum absolute atomic E-state index is 10.0. The van der Waals surface area contributed by atoms with Gasteiger partial charge >= 0.3 is 0 Å². The molecule has 0 N–H and O–H groups in total. The summed E-state index contributed by atoms with van der Waals surface area (Å²) in [5.41, 5.74) is 2.49. The first kappa shape index (κ1) is 20.9. The van der Waals surface area contributed by atoms with Gasteiger partial charge in [-0.05, 0) is 58.6 Å². The van der Waals surface area contributed by atoms with Gasteiger partial charge in [-0.2, -0.15) is 0 Å². The molecule has 0 fully saturated rings. The molecule has 0 aromatic carbocycles. The summed E-state index contributed by atoms with van der Waals surface area (Å²) in [6, 6.07) is 0. The Labute approximate surface area is 124 Å². The highest BCUT2D eigenvalue weighted by Crippen LogP contribution is 2.05. The van der Waals surface area contributed by atoms with Gasteiger partial charge in [0.25, 0.3) is 0 Å². The van der Waals surface area contributed by atoms with Crippen LogP contribution < -0.4 is 0 Å². The van der Waals surface area contributed by atoms with Crippen LogP contribution in [0.25, 0.3) is 0 Å². The SMILES string of the molecule is CC(C)=CCC/C(C)=C/C=O.CCCCCC=CC=O. The van der Waals surface area contributed by atoms with E-state index >= 15 is 0 Å². The lowest BCUT2D eigenvalue weighted by molar-refractivity contribution is -0.104. The molecule has 2 nitrogen and oxygen atoms in total. The Bertz CT molecular complexity index is 318. The molecule has 0 aliphatic heterocycles. The normalized spacial score (nSPS) is 10.7. The first-order valence-corrected chi connectivity index (χ1v) is 7.43. The third-order valence-electron chi connectivity index (χ3n) is 2.63. The predicted molar refractivity (Wildman–Crippen MR) is 87.8 cm³/mol. The van der Waals surface area contributed by atoms with Crippen molar-refractivity contribution in [2.24, 2.45) is 0 Å². The average molecular weight is 278 g/mol. The minimum atomic E-state index is 0.825. The Morgan fingerprint density at radius 1 is 0.950 bits per heavy atom. The molecule has 0 saturated heterocycles. The lowest BCUT2D eigenvalue weighted by Crippen LogP contribution is -1.77. The van der Waals surface area contributed by atoms with Crippen LogP contribution in [0, 0.1) is 0 Å². The van der Waals surface area contributed by atoms with E-state index in [2.05, 4.69) is 26.8 Å². The number of carbonyl (C=O) groups excluding carboxylic acids is 2. The minimum Gasteiger partial charge on any atom is -0.299 e. The van der Waals surface area contributed by atoms with Crippen molar-refractivity contribution in [3.8, 4) is 0 Å². The molecule has 0 bridgehead atoms. The number of aldehydes is 2. The highest BCUT2D eigenvalue weighted by Gasteiger charge is 1.86. The molecule has 0 heterocycles. The fraction of sp³-hybridized carbons (Fsp3) is 0.556. The minimum absolute atomic E-state index is 0.825. The van der Waals surface area contributed by atoms with Gasteiger partial charge in [-0.1, -0.05) is 43.1 Å². The van der Waals surface area contributed by atoms with E-state index < -0.39 is 0 Å². The number of carbonyl (C=O) groups is 2. The van der Waals surface area contributed by atoms with Crippen molar-refractivity contribution in [3.63, 3.8) is 0 Å². The molecular formula is C18H30O2. The monoisotopic (exact) mass is 278 g/mol. The molecule has 20 heavy (non-hydrogen) atoms. The summed E-state index contributed by atoms with van der Waals surface area (Å²) in [4.78, 5) is 19.8. The summed E-state index contributed by atoms with van der Waals surface area (Å²) in [6.45, 7) is 8.31. The van der Waals surface area contributed by atoms with Gasteiger partial charge in [0.05, 0.1) is 0 Å². The second kappa shape index (κ2) is 17.6. The largest absolute Gasteiger partial charge is 0.299 e. The van der Waals surface area contributed by atoms with Crippen LogP contribution in [0.1, 0.15) is 66.2 Å². The van der Waals surface area contributed by atoms with Crippen LogP contribution in [0.3, 0.4) is 0 Å². The van der Waals surface area contributed by atoms with E-state index in [0.29, 0.717) is 0 Å². The van der Waals surface area contributed by atoms with Crippen molar-refractivity contribution >= 4 is 12.6 Å². The first-order chi connectivity index (χ1) is 9.58. The molecule has 0 saturated carbocycles. The fourth-order valence-electron chi connectivity index (χ4n) is 1.45. The summed E-state index contributed by atoms with van der Waals surface area (Å²) in [5.74, 6) is 0. The van der Waals surface area contributed by atoms with Gasteiger partial charge in [0, 0.05) is 0 Å². The summed E-state index contributed by atoms with van der Waals surface area (Å²) < 4.78 is 0. The van der Waals surface area contributed by atoms with Crippen molar-refractivity contribution in [1.82, 2.24) is 0 Å². The van der Waals surface area contributed by atoms with Crippen LogP contribution in [0.4, 0.5) is 0 Å². The molecule has 0 unspecified atom stereocenters. The lowest BCUT2D eigenvalue weighted by atomic mass is 10.1. The summed E-state index contributed by atoms with van der Waals surface area (Å²) in [5, 5.41) is 0. The number of allylic oxidation sites excluding steroid dienone is 6. The lowest BCUT2D eigenvalue weighted by Gasteiger charge is -1.94. The van der Waals surface area contributed by atoms with Crippen molar-refractivity contribution in [1.29, 1.82) is 0 Å². The molecule has 114 valence electrons. The summed E-state index contributed by atoms with van der Waals surface area (Å²) in [7, 11) is 0. The smallest absolute Gasteiger partial charge is 0.142 e. The highest BCUT2D eigenvalue weighted by molar-refractivity contribution is 5.65. The third kappa shape index (κ3) is 21.8. The second-order valence-corrected chi connectivity index (χ2v) is 5.03. The van der Waals surface area contributed by atoms with Gasteiger partial charge in [0.15, 0.2) is 0 Å². The first-order valence-electron chi connectivity index (χ1n) is 7.43. The third-order valence-corrected chi connectivity index (χ3v) is 2.63. The molecular weight excluding hydrogens is 248 g/mol. The maximum Gasteiger partial charge on any atom is 0.142 e. The zero-order valence-electron chi connectivity index (χ0n) is 13.5. The van der Waals surface area contributed by atoms with E-state index in [4.69, 9.17) is 0 Å². The van der Waals surface area contributed by atoms with Crippen molar-refractivity contribution < 1.29 is 9.59 Å². The van der Waals surface area contributed by atoms with Crippen molar-refractivity contribution in [3.05, 3.63) is 35.5 Å². The van der Waals surface area contributed by atoms with Crippen LogP contribution in [0.2, 0.25) is 0 Å². The Hall–Kier alpha value is -1.44. The molecule has 0 rings (SSSR count). The molecule has 0 atom stereocenters. The molecule has 0 aromatic rings. The maximum atomic E-state index is 10.0. The number of rotatable bonds is 9. The molecule has 0 aliphatic rings. The number of unbranched alkanes of at least 4 members (excludes halogenated alkanes) is 3. The van der Waals surface area contributed by atoms with Crippen LogP contribution >= 0.6 is 0 Å². The van der Waals surface area contributed by atoms with Crippen molar-refractivity contribution in [2.45, 2.75) is 66.2 Å². The molecule has 0 aromatic heterocycles. The van der Waals surface area contributed by atoms with Crippen LogP contribution in [-0.4, -0.2) is 12.6 Å². The van der Waals surface area contributed by atoms with E-state index in [-0.39, 0.29) is 0 Å². The van der Waals surface area contributed by atoms with Crippen LogP contribution in [-0.2, 0) is 9.59 Å². The van der Waals surface area contributed by atoms with E-state index in [1.807, 2.05) is 13.0 Å². The Balaban J connectivity index is 0. The Morgan fingerprint density at radius 2 is 1.65 bits per heavy atom. The zero-order chi connectivity index (χ0) is 15.6. The topological polar surface area (TPSA) is 34.1 Å². The van der Waals surface area contributed by atoms with E-state index in [1.54, 1.807) is 12.2 Å². The van der Waals surface area contributed by atoms with E-state index in [1.165, 1.54) is 24.8 Å². The zero-order valence-corrected chi connectivity index (χ0v) is 13.5. The molecule has 0 amide bonds. The predicted octanol–water partition coefficient (Wildman–Crippen LogP) is 5.20. The van der Waals surface area contributed by atoms with Crippen molar-refractivity contribution in [2.75, 3.05) is 0 Å². The Morgan fingerprint density at radius 3 is 2.15 bits per heavy atom. The second-order valence-electron chi connectivity index (χ2n) is 5.03. The Kier molecular flexibility index (Phi) is 18.3. The fourth-order valence-corrected chi connectivity index (χ4v) is 1.45. The quantitative estimate of drug-likeness (QED) is 0.251.